The minimum Gasteiger partial charge on any atom is -0.475 e. The highest BCUT2D eigenvalue weighted by Gasteiger charge is 2.38. The van der Waals surface area contributed by atoms with Crippen LogP contribution in [-0.4, -0.2) is 41.1 Å². The molecule has 0 aliphatic carbocycles. The van der Waals surface area contributed by atoms with Crippen LogP contribution in [0.15, 0.2) is 29.4 Å². The second-order valence-electron chi connectivity index (χ2n) is 4.14. The van der Waals surface area contributed by atoms with Gasteiger partial charge in [0.1, 0.15) is 0 Å². The Morgan fingerprint density at radius 1 is 1.50 bits per heavy atom. The minimum absolute atomic E-state index is 0.840. The zero-order chi connectivity index (χ0) is 15.0. The lowest BCUT2D eigenvalue weighted by Gasteiger charge is -2.05. The van der Waals surface area contributed by atoms with Crippen LogP contribution in [-0.2, 0) is 4.79 Å². The monoisotopic (exact) mass is 308 g/mol. The van der Waals surface area contributed by atoms with Gasteiger partial charge in [0.05, 0.1) is 5.03 Å². The predicted octanol–water partition coefficient (Wildman–Crippen LogP) is 2.42. The third kappa shape index (κ3) is 6.76. The van der Waals surface area contributed by atoms with Crippen LogP contribution in [0.5, 0.6) is 0 Å². The van der Waals surface area contributed by atoms with E-state index in [2.05, 4.69) is 16.4 Å². The topological polar surface area (TPSA) is 62.2 Å². The lowest BCUT2D eigenvalue weighted by atomic mass is 10.2. The second kappa shape index (κ2) is 8.11. The first-order chi connectivity index (χ1) is 9.39. The average Bonchev–Trinajstić information content (AvgIpc) is 2.90. The molecule has 112 valence electrons. The van der Waals surface area contributed by atoms with Gasteiger partial charge in [0.25, 0.3) is 0 Å². The maximum Gasteiger partial charge on any atom is 0.490 e. The number of halogens is 3. The Morgan fingerprint density at radius 2 is 2.20 bits per heavy atom. The summed E-state index contributed by atoms with van der Waals surface area (Å²) in [7, 11) is 0. The van der Waals surface area contributed by atoms with E-state index in [0.29, 0.717) is 0 Å². The molecule has 20 heavy (non-hydrogen) atoms. The fourth-order valence-electron chi connectivity index (χ4n) is 1.49. The molecule has 0 aromatic carbocycles. The van der Waals surface area contributed by atoms with Gasteiger partial charge < -0.3 is 10.4 Å². The smallest absolute Gasteiger partial charge is 0.475 e. The average molecular weight is 308 g/mol. The van der Waals surface area contributed by atoms with Crippen LogP contribution in [0, 0.1) is 5.92 Å². The summed E-state index contributed by atoms with van der Waals surface area (Å²) >= 11 is 1.87. The SMILES string of the molecule is O=C(O)C(F)(F)F.c1ccc(SCC2CCNC2)nc1. The summed E-state index contributed by atoms with van der Waals surface area (Å²) in [6, 6.07) is 6.08. The zero-order valence-electron chi connectivity index (χ0n) is 10.6. The van der Waals surface area contributed by atoms with Crippen molar-refractivity contribution in [3.8, 4) is 0 Å². The third-order valence-corrected chi connectivity index (χ3v) is 3.68. The summed E-state index contributed by atoms with van der Waals surface area (Å²) in [6.45, 7) is 2.37. The largest absolute Gasteiger partial charge is 0.490 e. The summed E-state index contributed by atoms with van der Waals surface area (Å²) in [4.78, 5) is 13.2. The fraction of sp³-hybridized carbons (Fsp3) is 0.500. The molecule has 0 radical (unpaired) electrons. The molecule has 2 heterocycles. The molecule has 1 aliphatic heterocycles. The number of carboxylic acids is 1. The van der Waals surface area contributed by atoms with E-state index in [1.807, 2.05) is 30.1 Å². The summed E-state index contributed by atoms with van der Waals surface area (Å²) in [5.74, 6) is -0.719. The fourth-order valence-corrected chi connectivity index (χ4v) is 2.49. The molecule has 1 fully saturated rings. The number of carboxylic acid groups (broad SMARTS) is 1. The van der Waals surface area contributed by atoms with Crippen LogP contribution < -0.4 is 5.32 Å². The van der Waals surface area contributed by atoms with Gasteiger partial charge in [0.15, 0.2) is 0 Å². The van der Waals surface area contributed by atoms with Crippen molar-refractivity contribution >= 4 is 17.7 Å². The predicted molar refractivity (Wildman–Crippen MR) is 69.6 cm³/mol. The molecule has 8 heteroatoms. The summed E-state index contributed by atoms with van der Waals surface area (Å²) < 4.78 is 31.7. The van der Waals surface area contributed by atoms with Crippen molar-refractivity contribution in [2.24, 2.45) is 5.92 Å². The molecular weight excluding hydrogens is 293 g/mol. The molecule has 1 aromatic heterocycles. The van der Waals surface area contributed by atoms with E-state index < -0.39 is 12.1 Å². The number of hydrogen-bond acceptors (Lipinski definition) is 4. The summed E-state index contributed by atoms with van der Waals surface area (Å²) in [6.07, 6.45) is -1.91. The molecule has 1 saturated heterocycles. The van der Waals surface area contributed by atoms with Crippen LogP contribution >= 0.6 is 11.8 Å². The van der Waals surface area contributed by atoms with E-state index in [-0.39, 0.29) is 0 Å². The van der Waals surface area contributed by atoms with Gasteiger partial charge in [0, 0.05) is 11.9 Å². The number of pyridine rings is 1. The van der Waals surface area contributed by atoms with Crippen LogP contribution in [0.2, 0.25) is 0 Å². The first-order valence-electron chi connectivity index (χ1n) is 5.94. The van der Waals surface area contributed by atoms with Crippen molar-refractivity contribution in [3.05, 3.63) is 24.4 Å². The maximum atomic E-state index is 10.6. The number of alkyl halides is 3. The molecule has 2 N–H and O–H groups in total. The van der Waals surface area contributed by atoms with E-state index in [1.165, 1.54) is 25.3 Å². The number of aromatic nitrogens is 1. The Labute approximate surface area is 118 Å². The van der Waals surface area contributed by atoms with Gasteiger partial charge in [-0.05, 0) is 37.6 Å². The van der Waals surface area contributed by atoms with Crippen molar-refractivity contribution in [1.82, 2.24) is 10.3 Å². The van der Waals surface area contributed by atoms with Crippen LogP contribution in [0.3, 0.4) is 0 Å². The molecule has 0 amide bonds. The molecule has 4 nitrogen and oxygen atoms in total. The van der Waals surface area contributed by atoms with Gasteiger partial charge in [-0.15, -0.1) is 11.8 Å². The normalized spacial score (nSPS) is 18.2. The van der Waals surface area contributed by atoms with Gasteiger partial charge in [-0.3, -0.25) is 0 Å². The molecule has 1 aliphatic rings. The molecular formula is C12H15F3N2O2S. The lowest BCUT2D eigenvalue weighted by Crippen LogP contribution is -2.21. The molecule has 0 bridgehead atoms. The van der Waals surface area contributed by atoms with Crippen molar-refractivity contribution in [1.29, 1.82) is 0 Å². The van der Waals surface area contributed by atoms with Crippen molar-refractivity contribution < 1.29 is 23.1 Å². The summed E-state index contributed by atoms with van der Waals surface area (Å²) in [5.41, 5.74) is 0. The highest BCUT2D eigenvalue weighted by molar-refractivity contribution is 7.99. The molecule has 1 aromatic rings. The van der Waals surface area contributed by atoms with Crippen LogP contribution in [0.4, 0.5) is 13.2 Å². The van der Waals surface area contributed by atoms with Crippen LogP contribution in [0.25, 0.3) is 0 Å². The quantitative estimate of drug-likeness (QED) is 0.840. The zero-order valence-corrected chi connectivity index (χ0v) is 11.4. The number of rotatable bonds is 3. The van der Waals surface area contributed by atoms with Gasteiger partial charge in [-0.2, -0.15) is 13.2 Å². The lowest BCUT2D eigenvalue weighted by molar-refractivity contribution is -0.192. The van der Waals surface area contributed by atoms with E-state index in [4.69, 9.17) is 9.90 Å². The molecule has 1 atom stereocenters. The Hall–Kier alpha value is -1.28. The first kappa shape index (κ1) is 16.8. The third-order valence-electron chi connectivity index (χ3n) is 2.51. The van der Waals surface area contributed by atoms with Crippen molar-refractivity contribution in [2.45, 2.75) is 17.6 Å². The van der Waals surface area contributed by atoms with E-state index in [9.17, 15) is 13.2 Å². The first-order valence-corrected chi connectivity index (χ1v) is 6.93. The Bertz CT molecular complexity index is 409. The second-order valence-corrected chi connectivity index (χ2v) is 5.18. The number of nitrogens with one attached hydrogen (secondary N) is 1. The Balaban J connectivity index is 0.000000246. The molecule has 2 rings (SSSR count). The number of aliphatic carboxylic acids is 1. The van der Waals surface area contributed by atoms with Gasteiger partial charge in [0.2, 0.25) is 0 Å². The Kier molecular flexibility index (Phi) is 6.80. The van der Waals surface area contributed by atoms with Crippen molar-refractivity contribution in [2.75, 3.05) is 18.8 Å². The van der Waals surface area contributed by atoms with E-state index >= 15 is 0 Å². The van der Waals surface area contributed by atoms with Gasteiger partial charge in [-0.1, -0.05) is 6.07 Å². The van der Waals surface area contributed by atoms with E-state index in [1.54, 1.807) is 0 Å². The number of carbonyl (C=O) groups is 1. The van der Waals surface area contributed by atoms with E-state index in [0.717, 1.165) is 10.9 Å². The number of thioether (sulfide) groups is 1. The summed E-state index contributed by atoms with van der Waals surface area (Å²) in [5, 5.41) is 11.6. The number of hydrogen-bond donors (Lipinski definition) is 2. The minimum atomic E-state index is -5.08. The highest BCUT2D eigenvalue weighted by atomic mass is 32.2. The molecule has 0 spiro atoms. The van der Waals surface area contributed by atoms with Crippen LogP contribution in [0.1, 0.15) is 6.42 Å². The van der Waals surface area contributed by atoms with Gasteiger partial charge >= 0.3 is 12.1 Å². The number of nitrogens with zero attached hydrogens (tertiary/aromatic N) is 1. The highest BCUT2D eigenvalue weighted by Crippen LogP contribution is 2.20. The van der Waals surface area contributed by atoms with Gasteiger partial charge in [-0.25, -0.2) is 9.78 Å². The standard InChI is InChI=1S/C10H14N2S.C2HF3O2/c1-2-5-12-10(3-1)13-8-9-4-6-11-7-9;3-2(4,5)1(6)7/h1-3,5,9,11H,4,6-8H2;(H,6,7). The Morgan fingerprint density at radius 3 is 2.65 bits per heavy atom. The maximum absolute atomic E-state index is 10.6. The molecule has 1 unspecified atom stereocenters. The molecule has 0 saturated carbocycles. The van der Waals surface area contributed by atoms with Crippen molar-refractivity contribution in [3.63, 3.8) is 0 Å².